The molecular formula is C65H78N8O6. The molecule has 2 aliphatic heterocycles. The Labute approximate surface area is 465 Å². The molecule has 0 unspecified atom stereocenters. The number of fused-ring (bicyclic) bond motifs is 2. The Balaban J connectivity index is 0.795. The minimum Gasteiger partial charge on any atom is -0.453 e. The van der Waals surface area contributed by atoms with Gasteiger partial charge in [0.25, 0.3) is 0 Å². The van der Waals surface area contributed by atoms with E-state index < -0.39 is 24.3 Å². The summed E-state index contributed by atoms with van der Waals surface area (Å²) in [4.78, 5) is 74.8. The summed E-state index contributed by atoms with van der Waals surface area (Å²) in [5.74, 6) is 2.29. The number of hydrogen-bond donors (Lipinski definition) is 4. The van der Waals surface area contributed by atoms with Gasteiger partial charge in [-0.15, -0.1) is 0 Å². The molecule has 14 rings (SSSR count). The highest BCUT2D eigenvalue weighted by atomic mass is 16.5. The van der Waals surface area contributed by atoms with Crippen LogP contribution in [0.25, 0.3) is 44.8 Å². The number of hydrogen-bond acceptors (Lipinski definition) is 8. The number of likely N-dealkylation sites (tertiary alicyclic amines) is 2. The Morgan fingerprint density at radius 2 is 1.03 bits per heavy atom. The van der Waals surface area contributed by atoms with Crippen molar-refractivity contribution in [2.24, 2.45) is 23.7 Å². The number of aromatic amines is 2. The summed E-state index contributed by atoms with van der Waals surface area (Å²) < 4.78 is 9.84. The summed E-state index contributed by atoms with van der Waals surface area (Å²) >= 11 is 0. The van der Waals surface area contributed by atoms with Crippen LogP contribution in [-0.4, -0.2) is 92.1 Å². The molecule has 4 heterocycles. The summed E-state index contributed by atoms with van der Waals surface area (Å²) in [6, 6.07) is 30.2. The molecule has 8 aliphatic rings. The number of ether oxygens (including phenoxy) is 2. The van der Waals surface area contributed by atoms with Crippen molar-refractivity contribution in [3.05, 3.63) is 131 Å². The van der Waals surface area contributed by atoms with Crippen LogP contribution < -0.4 is 10.6 Å². The zero-order chi connectivity index (χ0) is 55.1. The molecule has 9 atom stereocenters. The minimum atomic E-state index is -0.690. The first-order valence-corrected chi connectivity index (χ1v) is 29.2. The Morgan fingerprint density at radius 1 is 0.570 bits per heavy atom. The monoisotopic (exact) mass is 1070 g/mol. The number of alkyl carbamates (subject to hydrolysis) is 2. The molecule has 6 aromatic rings. The molecular weight excluding hydrogens is 989 g/mol. The van der Waals surface area contributed by atoms with Crippen molar-refractivity contribution in [3.8, 4) is 44.8 Å². The Bertz CT molecular complexity index is 3180. The van der Waals surface area contributed by atoms with E-state index in [1.807, 2.05) is 49.9 Å². The lowest BCUT2D eigenvalue weighted by atomic mass is 9.84. The lowest BCUT2D eigenvalue weighted by molar-refractivity contribution is -0.139. The summed E-state index contributed by atoms with van der Waals surface area (Å²) in [6.45, 7) is 10.2. The van der Waals surface area contributed by atoms with Crippen molar-refractivity contribution in [3.63, 3.8) is 0 Å². The van der Waals surface area contributed by atoms with E-state index in [9.17, 15) is 19.2 Å². The van der Waals surface area contributed by atoms with E-state index in [0.29, 0.717) is 11.8 Å². The maximum absolute atomic E-state index is 14.4. The van der Waals surface area contributed by atoms with Gasteiger partial charge in [0.2, 0.25) is 11.8 Å². The molecule has 6 aliphatic carbocycles. The number of rotatable bonds is 12. The number of amides is 4. The van der Waals surface area contributed by atoms with Gasteiger partial charge in [0.1, 0.15) is 23.7 Å². The average Bonchev–Trinajstić information content (AvgIpc) is 4.32. The molecule has 79 heavy (non-hydrogen) atoms. The number of H-pyrrole nitrogens is 2. The van der Waals surface area contributed by atoms with Crippen molar-refractivity contribution >= 4 is 24.0 Å². The van der Waals surface area contributed by atoms with Crippen LogP contribution in [0.2, 0.25) is 0 Å². The van der Waals surface area contributed by atoms with Crippen LogP contribution in [0.15, 0.2) is 97.3 Å². The first kappa shape index (κ1) is 53.8. The van der Waals surface area contributed by atoms with Crippen molar-refractivity contribution < 1.29 is 28.7 Å². The van der Waals surface area contributed by atoms with Crippen molar-refractivity contribution in [2.75, 3.05) is 14.2 Å². The van der Waals surface area contributed by atoms with Crippen LogP contribution in [0.3, 0.4) is 0 Å². The van der Waals surface area contributed by atoms with Crippen LogP contribution >= 0.6 is 0 Å². The minimum absolute atomic E-state index is 0.0691. The number of carbonyl (C=O) groups excluding carboxylic acids is 4. The fraction of sp³-hybridized carbons (Fsp3) is 0.477. The molecule has 4 N–H and O–H groups in total. The summed E-state index contributed by atoms with van der Waals surface area (Å²) in [7, 11) is 2.66. The van der Waals surface area contributed by atoms with Gasteiger partial charge in [-0.25, -0.2) is 19.6 Å². The van der Waals surface area contributed by atoms with Crippen molar-refractivity contribution in [1.82, 2.24) is 40.4 Å². The van der Waals surface area contributed by atoms with E-state index in [1.165, 1.54) is 71.6 Å². The van der Waals surface area contributed by atoms with Gasteiger partial charge in [0, 0.05) is 12.1 Å². The van der Waals surface area contributed by atoms with Crippen LogP contribution in [0.1, 0.15) is 151 Å². The second-order valence-electron chi connectivity index (χ2n) is 24.0. The standard InChI is InChI=1S/C65H78N8O6/c1-37(2)58(70-64(76)78-6)62(74)72-54-14-10-8-12-48(54)33-56(72)60-66-35-52(68-60)44-25-20-42(21-26-44)50-31-40-16-18-41-24-29-46(39(5)30-47(50)19-17-40)32-51(41)43-22-27-45(28-23-43)53-36-67-61(69-53)57-34-49-13-9-11-15-55(49)73(57)63(75)59(38(3)4)71-65(77)79-7/h17,19-29,31-32,35-39,48-49,54-59H,8-16,18,30,33-34H2,1-7H3,(H,66,68)(H,67,69)(H,70,76)(H,71,77)/t39-,48+,49+,54+,55+,56+,57+,58+,59+/m1/s1. The molecule has 4 fully saturated rings. The molecule has 14 heteroatoms. The normalized spacial score (nSPS) is 23.4. The number of aryl methyl sites for hydroxylation is 2. The molecule has 0 spiro atoms. The lowest BCUT2D eigenvalue weighted by Gasteiger charge is -2.36. The van der Waals surface area contributed by atoms with Gasteiger partial charge in [-0.2, -0.15) is 0 Å². The van der Waals surface area contributed by atoms with Gasteiger partial charge in [-0.3, -0.25) is 9.59 Å². The highest BCUT2D eigenvalue weighted by Gasteiger charge is 2.50. The molecule has 2 saturated heterocycles. The van der Waals surface area contributed by atoms with Crippen molar-refractivity contribution in [2.45, 2.75) is 160 Å². The number of carbonyl (C=O) groups is 4. The summed E-state index contributed by atoms with van der Waals surface area (Å²) in [5, 5.41) is 5.66. The molecule has 0 radical (unpaired) electrons. The third-order valence-electron chi connectivity index (χ3n) is 18.4. The molecule has 4 bridgehead atoms. The first-order chi connectivity index (χ1) is 38.3. The van der Waals surface area contributed by atoms with E-state index in [0.717, 1.165) is 105 Å². The number of nitrogens with one attached hydrogen (secondary N) is 4. The Kier molecular flexibility index (Phi) is 15.6. The average molecular weight is 1070 g/mol. The largest absolute Gasteiger partial charge is 0.453 e. The van der Waals surface area contributed by atoms with E-state index in [1.54, 1.807) is 0 Å². The number of methoxy groups -OCH3 is 2. The predicted octanol–water partition coefficient (Wildman–Crippen LogP) is 12.7. The van der Waals surface area contributed by atoms with Crippen LogP contribution in [-0.2, 0) is 38.3 Å². The van der Waals surface area contributed by atoms with E-state index in [4.69, 9.17) is 19.4 Å². The molecule has 414 valence electrons. The lowest BCUT2D eigenvalue weighted by Crippen LogP contribution is -2.53. The van der Waals surface area contributed by atoms with Gasteiger partial charge in [0.15, 0.2) is 0 Å². The van der Waals surface area contributed by atoms with Crippen molar-refractivity contribution in [1.29, 1.82) is 0 Å². The van der Waals surface area contributed by atoms with Gasteiger partial charge >= 0.3 is 12.2 Å². The SMILES string of the molecule is COC(=O)N[C@H](C(=O)N1[C@H](c2ncc(-c3ccc(-c4cc5ccc4CCc4ccc(c(-c6ccc(-c7cnc([C@@H]8C[C@@H]9CCCC[C@@H]9N8C(=O)[C@@H](NC(=O)OC)C(C)C)[nH]7)cc6)c4)C[C@H]5C)cc3)[nH]2)C[C@@H]2CCCC[C@@H]21)C(C)C. The third-order valence-corrected chi connectivity index (χ3v) is 18.4. The number of imidazole rings is 2. The maximum Gasteiger partial charge on any atom is 0.407 e. The van der Waals surface area contributed by atoms with Gasteiger partial charge in [0.05, 0.1) is 50.1 Å². The second kappa shape index (κ2) is 22.9. The quantitative estimate of drug-likeness (QED) is 0.0937. The van der Waals surface area contributed by atoms with E-state index in [2.05, 4.69) is 112 Å². The highest BCUT2D eigenvalue weighted by Crippen LogP contribution is 2.48. The topological polar surface area (TPSA) is 175 Å². The number of benzene rings is 4. The van der Waals surface area contributed by atoms with Gasteiger partial charge < -0.3 is 39.9 Å². The summed E-state index contributed by atoms with van der Waals surface area (Å²) in [6.07, 6.45) is 15.6. The molecule has 4 aromatic carbocycles. The number of nitrogens with zero attached hydrogens (tertiary/aromatic N) is 4. The predicted molar refractivity (Wildman–Crippen MR) is 307 cm³/mol. The van der Waals surface area contributed by atoms with Gasteiger partial charge in [-0.1, -0.05) is 145 Å². The molecule has 2 saturated carbocycles. The smallest absolute Gasteiger partial charge is 0.407 e. The molecule has 14 nitrogen and oxygen atoms in total. The summed E-state index contributed by atoms with van der Waals surface area (Å²) in [5.41, 5.74) is 14.0. The Hall–Kier alpha value is -7.22. The fourth-order valence-corrected chi connectivity index (χ4v) is 14.1. The second-order valence-corrected chi connectivity index (χ2v) is 24.0. The first-order valence-electron chi connectivity index (χ1n) is 29.2. The van der Waals surface area contributed by atoms with E-state index >= 15 is 0 Å². The van der Waals surface area contributed by atoms with E-state index in [-0.39, 0.29) is 53.7 Å². The molecule has 4 amide bonds. The van der Waals surface area contributed by atoms with Crippen LogP contribution in [0.5, 0.6) is 0 Å². The highest BCUT2D eigenvalue weighted by molar-refractivity contribution is 5.88. The zero-order valence-corrected chi connectivity index (χ0v) is 47.0. The zero-order valence-electron chi connectivity index (χ0n) is 47.0. The maximum atomic E-state index is 14.4. The van der Waals surface area contributed by atoms with Crippen LogP contribution in [0, 0.1) is 23.7 Å². The van der Waals surface area contributed by atoms with Crippen LogP contribution in [0.4, 0.5) is 9.59 Å². The molecule has 2 aromatic heterocycles. The number of aromatic nitrogens is 4. The fourth-order valence-electron chi connectivity index (χ4n) is 14.1. The third kappa shape index (κ3) is 10.8. The Morgan fingerprint density at radius 3 is 1.51 bits per heavy atom. The van der Waals surface area contributed by atoms with Gasteiger partial charge in [-0.05, 0) is 143 Å².